The van der Waals surface area contributed by atoms with Crippen molar-refractivity contribution in [1.29, 1.82) is 0 Å². The Bertz CT molecular complexity index is 568. The highest BCUT2D eigenvalue weighted by Gasteiger charge is 2.27. The lowest BCUT2D eigenvalue weighted by molar-refractivity contribution is -0.129. The van der Waals surface area contributed by atoms with Crippen LogP contribution >= 0.6 is 0 Å². The molecular formula is C14H21N5O2. The number of nitrogens with zero attached hydrogens (tertiary/aromatic N) is 4. The van der Waals surface area contributed by atoms with Crippen LogP contribution in [0.2, 0.25) is 0 Å². The molecule has 0 aliphatic carbocycles. The SMILES string of the molecule is CC(=O)N1CCCn2nc(C(=O)N3CC[C@@H](N)C3)cc2C1. The largest absolute Gasteiger partial charge is 0.337 e. The second kappa shape index (κ2) is 5.48. The molecule has 2 aliphatic heterocycles. The van der Waals surface area contributed by atoms with E-state index in [4.69, 9.17) is 5.73 Å². The Morgan fingerprint density at radius 2 is 2.10 bits per heavy atom. The molecule has 3 heterocycles. The van der Waals surface area contributed by atoms with Gasteiger partial charge in [0.1, 0.15) is 0 Å². The molecule has 0 saturated carbocycles. The van der Waals surface area contributed by atoms with E-state index in [9.17, 15) is 9.59 Å². The Labute approximate surface area is 123 Å². The first-order chi connectivity index (χ1) is 10.0. The van der Waals surface area contributed by atoms with Gasteiger partial charge in [-0.15, -0.1) is 0 Å². The maximum atomic E-state index is 12.4. The summed E-state index contributed by atoms with van der Waals surface area (Å²) in [4.78, 5) is 27.5. The second-order valence-electron chi connectivity index (χ2n) is 5.84. The Balaban J connectivity index is 1.79. The molecule has 0 spiro atoms. The number of hydrogen-bond acceptors (Lipinski definition) is 4. The van der Waals surface area contributed by atoms with Gasteiger partial charge in [0.25, 0.3) is 5.91 Å². The van der Waals surface area contributed by atoms with Crippen molar-refractivity contribution >= 4 is 11.8 Å². The summed E-state index contributed by atoms with van der Waals surface area (Å²) in [6.45, 7) is 4.87. The molecule has 7 nitrogen and oxygen atoms in total. The quantitative estimate of drug-likeness (QED) is 0.777. The van der Waals surface area contributed by atoms with Crippen LogP contribution in [0.5, 0.6) is 0 Å². The van der Waals surface area contributed by atoms with Crippen molar-refractivity contribution in [3.8, 4) is 0 Å². The van der Waals surface area contributed by atoms with Crippen LogP contribution in [0.3, 0.4) is 0 Å². The Morgan fingerprint density at radius 3 is 2.76 bits per heavy atom. The first kappa shape index (κ1) is 14.1. The van der Waals surface area contributed by atoms with Gasteiger partial charge in [-0.1, -0.05) is 0 Å². The number of carbonyl (C=O) groups is 2. The van der Waals surface area contributed by atoms with Gasteiger partial charge in [-0.2, -0.15) is 5.10 Å². The van der Waals surface area contributed by atoms with Crippen LogP contribution in [0, 0.1) is 0 Å². The van der Waals surface area contributed by atoms with Crippen molar-refractivity contribution in [1.82, 2.24) is 19.6 Å². The highest BCUT2D eigenvalue weighted by atomic mass is 16.2. The summed E-state index contributed by atoms with van der Waals surface area (Å²) < 4.78 is 1.85. The van der Waals surface area contributed by atoms with E-state index < -0.39 is 0 Å². The predicted octanol–water partition coefficient (Wildman–Crippen LogP) is -0.191. The Morgan fingerprint density at radius 1 is 1.29 bits per heavy atom. The monoisotopic (exact) mass is 291 g/mol. The van der Waals surface area contributed by atoms with Crippen LogP contribution in [0.1, 0.15) is 35.9 Å². The van der Waals surface area contributed by atoms with E-state index in [2.05, 4.69) is 5.10 Å². The molecule has 2 amide bonds. The van der Waals surface area contributed by atoms with Crippen LogP contribution < -0.4 is 5.73 Å². The minimum atomic E-state index is -0.0575. The van der Waals surface area contributed by atoms with Crippen molar-refractivity contribution < 1.29 is 9.59 Å². The van der Waals surface area contributed by atoms with E-state index in [1.165, 1.54) is 0 Å². The third-order valence-electron chi connectivity index (χ3n) is 4.19. The maximum absolute atomic E-state index is 12.4. The van der Waals surface area contributed by atoms with Gasteiger partial charge in [-0.3, -0.25) is 14.3 Å². The molecule has 0 bridgehead atoms. The number of likely N-dealkylation sites (tertiary alicyclic amines) is 1. The molecule has 114 valence electrons. The van der Waals surface area contributed by atoms with Gasteiger partial charge < -0.3 is 15.5 Å². The zero-order chi connectivity index (χ0) is 15.0. The minimum absolute atomic E-state index is 0.0575. The zero-order valence-corrected chi connectivity index (χ0v) is 12.3. The fourth-order valence-corrected chi connectivity index (χ4v) is 2.97. The second-order valence-corrected chi connectivity index (χ2v) is 5.84. The van der Waals surface area contributed by atoms with Gasteiger partial charge in [0, 0.05) is 39.1 Å². The van der Waals surface area contributed by atoms with E-state index >= 15 is 0 Å². The van der Waals surface area contributed by atoms with Gasteiger partial charge in [0.05, 0.1) is 12.2 Å². The summed E-state index contributed by atoms with van der Waals surface area (Å²) >= 11 is 0. The molecule has 7 heteroatoms. The van der Waals surface area contributed by atoms with Crippen LogP contribution in [0.15, 0.2) is 6.07 Å². The normalized spacial score (nSPS) is 22.1. The average molecular weight is 291 g/mol. The molecule has 1 saturated heterocycles. The molecule has 3 rings (SSSR count). The summed E-state index contributed by atoms with van der Waals surface area (Å²) in [7, 11) is 0. The molecule has 0 aromatic carbocycles. The minimum Gasteiger partial charge on any atom is -0.337 e. The summed E-state index contributed by atoms with van der Waals surface area (Å²) in [5.74, 6) is 0.000872. The molecule has 1 atom stereocenters. The third kappa shape index (κ3) is 2.78. The first-order valence-electron chi connectivity index (χ1n) is 7.41. The Hall–Kier alpha value is -1.89. The Kier molecular flexibility index (Phi) is 3.67. The zero-order valence-electron chi connectivity index (χ0n) is 12.3. The number of hydrogen-bond donors (Lipinski definition) is 1. The molecule has 0 radical (unpaired) electrons. The molecule has 2 aliphatic rings. The average Bonchev–Trinajstić information content (AvgIpc) is 2.99. The maximum Gasteiger partial charge on any atom is 0.274 e. The molecule has 1 aromatic heterocycles. The molecule has 2 N–H and O–H groups in total. The standard InChI is InChI=1S/C14H21N5O2/c1-10(20)17-4-2-5-19-12(9-17)7-13(16-19)14(21)18-6-3-11(15)8-18/h7,11H,2-6,8-9,15H2,1H3/t11-/m1/s1. The van der Waals surface area contributed by atoms with E-state index in [0.717, 1.165) is 31.6 Å². The van der Waals surface area contributed by atoms with Crippen molar-refractivity contribution in [3.63, 3.8) is 0 Å². The number of rotatable bonds is 1. The highest BCUT2D eigenvalue weighted by molar-refractivity contribution is 5.92. The molecule has 1 aromatic rings. The van der Waals surface area contributed by atoms with E-state index in [-0.39, 0.29) is 17.9 Å². The van der Waals surface area contributed by atoms with E-state index in [1.54, 1.807) is 16.7 Å². The number of amides is 2. The van der Waals surface area contributed by atoms with Gasteiger partial charge in [0.2, 0.25) is 5.91 Å². The van der Waals surface area contributed by atoms with Gasteiger partial charge in [-0.25, -0.2) is 0 Å². The third-order valence-corrected chi connectivity index (χ3v) is 4.19. The van der Waals surface area contributed by atoms with Crippen LogP contribution in [-0.2, 0) is 17.9 Å². The number of aryl methyl sites for hydroxylation is 1. The molecule has 21 heavy (non-hydrogen) atoms. The molecular weight excluding hydrogens is 270 g/mol. The van der Waals surface area contributed by atoms with Crippen LogP contribution in [0.25, 0.3) is 0 Å². The number of fused-ring (bicyclic) bond motifs is 1. The molecule has 0 unspecified atom stereocenters. The lowest BCUT2D eigenvalue weighted by atomic mass is 10.3. The van der Waals surface area contributed by atoms with E-state index in [1.807, 2.05) is 10.7 Å². The fraction of sp³-hybridized carbons (Fsp3) is 0.643. The van der Waals surface area contributed by atoms with Gasteiger partial charge in [0.15, 0.2) is 5.69 Å². The van der Waals surface area contributed by atoms with Gasteiger partial charge >= 0.3 is 0 Å². The number of carbonyl (C=O) groups excluding carboxylic acids is 2. The summed E-state index contributed by atoms with van der Waals surface area (Å²) in [5.41, 5.74) is 7.23. The van der Waals surface area contributed by atoms with Crippen molar-refractivity contribution in [2.75, 3.05) is 19.6 Å². The van der Waals surface area contributed by atoms with Crippen LogP contribution in [-0.4, -0.2) is 57.1 Å². The smallest absolute Gasteiger partial charge is 0.274 e. The number of aromatic nitrogens is 2. The molecule has 1 fully saturated rings. The first-order valence-corrected chi connectivity index (χ1v) is 7.41. The van der Waals surface area contributed by atoms with Gasteiger partial charge in [-0.05, 0) is 18.9 Å². The summed E-state index contributed by atoms with van der Waals surface area (Å²) in [6.07, 6.45) is 1.70. The van der Waals surface area contributed by atoms with Crippen LogP contribution in [0.4, 0.5) is 0 Å². The lowest BCUT2D eigenvalue weighted by Gasteiger charge is -2.17. The van der Waals surface area contributed by atoms with Crippen molar-refractivity contribution in [3.05, 3.63) is 17.5 Å². The summed E-state index contributed by atoms with van der Waals surface area (Å²) in [5, 5.41) is 4.42. The number of nitrogens with two attached hydrogens (primary N) is 1. The fourth-order valence-electron chi connectivity index (χ4n) is 2.97. The predicted molar refractivity (Wildman–Crippen MR) is 76.4 cm³/mol. The highest BCUT2D eigenvalue weighted by Crippen LogP contribution is 2.17. The van der Waals surface area contributed by atoms with Crippen molar-refractivity contribution in [2.24, 2.45) is 5.73 Å². The van der Waals surface area contributed by atoms with E-state index in [0.29, 0.717) is 25.3 Å². The summed E-state index contributed by atoms with van der Waals surface area (Å²) in [6, 6.07) is 1.88. The topological polar surface area (TPSA) is 84.5 Å². The van der Waals surface area contributed by atoms with Crippen molar-refractivity contribution in [2.45, 2.75) is 38.9 Å². The lowest BCUT2D eigenvalue weighted by Crippen LogP contribution is -2.32.